The second-order valence-corrected chi connectivity index (χ2v) is 6.02. The highest BCUT2D eigenvalue weighted by atomic mass is 79.9. The van der Waals surface area contributed by atoms with E-state index in [-0.39, 0.29) is 6.61 Å². The molecule has 0 bridgehead atoms. The number of ether oxygens (including phenoxy) is 1. The van der Waals surface area contributed by atoms with Crippen LogP contribution < -0.4 is 5.32 Å². The van der Waals surface area contributed by atoms with Crippen molar-refractivity contribution < 1.29 is 19.7 Å². The summed E-state index contributed by atoms with van der Waals surface area (Å²) in [5, 5.41) is 21.0. The lowest BCUT2D eigenvalue weighted by Crippen LogP contribution is -2.46. The zero-order valence-electron chi connectivity index (χ0n) is 11.5. The van der Waals surface area contributed by atoms with Gasteiger partial charge in [0, 0.05) is 35.5 Å². The van der Waals surface area contributed by atoms with Crippen molar-refractivity contribution in [2.45, 2.75) is 31.9 Å². The average Bonchev–Trinajstić information content (AvgIpc) is 2.32. The van der Waals surface area contributed by atoms with Crippen molar-refractivity contribution >= 4 is 22.0 Å². The highest BCUT2D eigenvalue weighted by Gasteiger charge is 2.20. The molecule has 0 radical (unpaired) electrons. The molecule has 1 atom stereocenters. The Morgan fingerprint density at radius 2 is 2.25 bits per heavy atom. The third-order valence-corrected chi connectivity index (χ3v) is 2.99. The van der Waals surface area contributed by atoms with E-state index in [9.17, 15) is 9.90 Å². The lowest BCUT2D eigenvalue weighted by molar-refractivity contribution is 0.0518. The molecule has 0 aliphatic carbocycles. The fraction of sp³-hybridized carbons (Fsp3) is 0.538. The van der Waals surface area contributed by atoms with Gasteiger partial charge in [-0.1, -0.05) is 0 Å². The standard InChI is InChI=1S/C13H19BrN2O4/c1-13(2,16-12(18)19)8-20-4-3-11(17)9-5-10(14)7-15-6-9/h5-7,11,16-17H,3-4,8H2,1-2H3,(H,18,19). The Balaban J connectivity index is 2.32. The van der Waals surface area contributed by atoms with Gasteiger partial charge < -0.3 is 20.3 Å². The van der Waals surface area contributed by atoms with Crippen molar-refractivity contribution in [3.05, 3.63) is 28.5 Å². The van der Waals surface area contributed by atoms with Gasteiger partial charge in [-0.3, -0.25) is 4.98 Å². The molecular formula is C13H19BrN2O4. The van der Waals surface area contributed by atoms with Gasteiger partial charge in [-0.05, 0) is 35.8 Å². The molecule has 1 unspecified atom stereocenters. The summed E-state index contributed by atoms with van der Waals surface area (Å²) in [6, 6.07) is 1.80. The molecule has 0 saturated heterocycles. The van der Waals surface area contributed by atoms with E-state index < -0.39 is 17.7 Å². The van der Waals surface area contributed by atoms with Crippen LogP contribution >= 0.6 is 15.9 Å². The lowest BCUT2D eigenvalue weighted by Gasteiger charge is -2.24. The third kappa shape index (κ3) is 6.31. The van der Waals surface area contributed by atoms with Gasteiger partial charge in [-0.15, -0.1) is 0 Å². The van der Waals surface area contributed by atoms with Crippen molar-refractivity contribution in [2.75, 3.05) is 13.2 Å². The molecule has 1 aromatic rings. The number of nitrogens with one attached hydrogen (secondary N) is 1. The number of aromatic nitrogens is 1. The van der Waals surface area contributed by atoms with Crippen LogP contribution in [0.15, 0.2) is 22.9 Å². The van der Waals surface area contributed by atoms with E-state index in [2.05, 4.69) is 26.2 Å². The van der Waals surface area contributed by atoms with E-state index in [4.69, 9.17) is 9.84 Å². The Morgan fingerprint density at radius 3 is 2.85 bits per heavy atom. The SMILES string of the molecule is CC(C)(COCCC(O)c1cncc(Br)c1)NC(=O)O. The number of aliphatic hydroxyl groups is 1. The summed E-state index contributed by atoms with van der Waals surface area (Å²) in [6.45, 7) is 4.03. The van der Waals surface area contributed by atoms with Crippen LogP contribution in [0.3, 0.4) is 0 Å². The first kappa shape index (κ1) is 16.9. The van der Waals surface area contributed by atoms with Crippen LogP contribution in [0.2, 0.25) is 0 Å². The molecule has 0 saturated carbocycles. The van der Waals surface area contributed by atoms with E-state index in [0.29, 0.717) is 18.6 Å². The number of nitrogens with zero attached hydrogens (tertiary/aromatic N) is 1. The molecule has 7 heteroatoms. The average molecular weight is 347 g/mol. The monoisotopic (exact) mass is 346 g/mol. The molecule has 1 heterocycles. The second kappa shape index (κ2) is 7.56. The van der Waals surface area contributed by atoms with Gasteiger partial charge in [-0.2, -0.15) is 0 Å². The number of rotatable bonds is 7. The van der Waals surface area contributed by atoms with Crippen LogP contribution in [0.5, 0.6) is 0 Å². The molecular weight excluding hydrogens is 328 g/mol. The van der Waals surface area contributed by atoms with Gasteiger partial charge in [0.1, 0.15) is 0 Å². The highest BCUT2D eigenvalue weighted by Crippen LogP contribution is 2.19. The quantitative estimate of drug-likeness (QED) is 0.659. The molecule has 1 aromatic heterocycles. The van der Waals surface area contributed by atoms with Gasteiger partial charge >= 0.3 is 6.09 Å². The normalized spacial score (nSPS) is 13.0. The van der Waals surface area contributed by atoms with Gasteiger partial charge in [0.05, 0.1) is 18.2 Å². The van der Waals surface area contributed by atoms with Crippen molar-refractivity contribution in [2.24, 2.45) is 0 Å². The summed E-state index contributed by atoms with van der Waals surface area (Å²) in [7, 11) is 0. The topological polar surface area (TPSA) is 91.7 Å². The number of hydrogen-bond donors (Lipinski definition) is 3. The summed E-state index contributed by atoms with van der Waals surface area (Å²) in [4.78, 5) is 14.5. The van der Waals surface area contributed by atoms with E-state index in [1.807, 2.05) is 0 Å². The van der Waals surface area contributed by atoms with Crippen LogP contribution in [-0.4, -0.2) is 40.0 Å². The van der Waals surface area contributed by atoms with Crippen LogP contribution in [0.1, 0.15) is 31.9 Å². The Bertz CT molecular complexity index is 454. The third-order valence-electron chi connectivity index (χ3n) is 2.55. The summed E-state index contributed by atoms with van der Waals surface area (Å²) in [6.07, 6.45) is 1.92. The highest BCUT2D eigenvalue weighted by molar-refractivity contribution is 9.10. The molecule has 112 valence electrons. The molecule has 6 nitrogen and oxygen atoms in total. The summed E-state index contributed by atoms with van der Waals surface area (Å²) >= 11 is 3.29. The molecule has 0 aliphatic rings. The zero-order valence-corrected chi connectivity index (χ0v) is 13.1. The Kier molecular flexibility index (Phi) is 6.38. The number of carboxylic acid groups (broad SMARTS) is 1. The predicted molar refractivity (Wildman–Crippen MR) is 77.6 cm³/mol. The maximum absolute atomic E-state index is 10.6. The zero-order chi connectivity index (χ0) is 15.2. The van der Waals surface area contributed by atoms with Gasteiger partial charge in [0.25, 0.3) is 0 Å². The second-order valence-electron chi connectivity index (χ2n) is 5.11. The summed E-state index contributed by atoms with van der Waals surface area (Å²) in [5.74, 6) is 0. The fourth-order valence-corrected chi connectivity index (χ4v) is 2.01. The summed E-state index contributed by atoms with van der Waals surface area (Å²) in [5.41, 5.74) is 0.0552. The van der Waals surface area contributed by atoms with Crippen LogP contribution in [0.4, 0.5) is 4.79 Å². The smallest absolute Gasteiger partial charge is 0.405 e. The first-order chi connectivity index (χ1) is 9.30. The van der Waals surface area contributed by atoms with Gasteiger partial charge in [0.2, 0.25) is 0 Å². The van der Waals surface area contributed by atoms with Crippen molar-refractivity contribution in [1.82, 2.24) is 10.3 Å². The van der Waals surface area contributed by atoms with Gasteiger partial charge in [0.15, 0.2) is 0 Å². The minimum absolute atomic E-state index is 0.239. The lowest BCUT2D eigenvalue weighted by atomic mass is 10.1. The van der Waals surface area contributed by atoms with Crippen molar-refractivity contribution in [3.63, 3.8) is 0 Å². The number of aliphatic hydroxyl groups excluding tert-OH is 1. The maximum Gasteiger partial charge on any atom is 0.405 e. The fourth-order valence-electron chi connectivity index (χ4n) is 1.63. The van der Waals surface area contributed by atoms with E-state index in [0.717, 1.165) is 4.47 Å². The van der Waals surface area contributed by atoms with Crippen LogP contribution in [0, 0.1) is 0 Å². The largest absolute Gasteiger partial charge is 0.465 e. The molecule has 0 aromatic carbocycles. The summed E-state index contributed by atoms with van der Waals surface area (Å²) < 4.78 is 6.21. The Morgan fingerprint density at radius 1 is 1.55 bits per heavy atom. The number of hydrogen-bond acceptors (Lipinski definition) is 4. The Hall–Kier alpha value is -1.18. The first-order valence-corrected chi connectivity index (χ1v) is 6.97. The number of amides is 1. The van der Waals surface area contributed by atoms with E-state index in [1.54, 1.807) is 32.3 Å². The number of carbonyl (C=O) groups is 1. The van der Waals surface area contributed by atoms with Gasteiger partial charge in [-0.25, -0.2) is 4.79 Å². The van der Waals surface area contributed by atoms with E-state index in [1.165, 1.54) is 0 Å². The minimum Gasteiger partial charge on any atom is -0.465 e. The van der Waals surface area contributed by atoms with Crippen molar-refractivity contribution in [3.8, 4) is 0 Å². The molecule has 1 amide bonds. The number of halogens is 1. The molecule has 20 heavy (non-hydrogen) atoms. The molecule has 0 aliphatic heterocycles. The minimum atomic E-state index is -1.08. The van der Waals surface area contributed by atoms with Crippen LogP contribution in [0.25, 0.3) is 0 Å². The molecule has 0 spiro atoms. The number of pyridine rings is 1. The van der Waals surface area contributed by atoms with Crippen molar-refractivity contribution in [1.29, 1.82) is 0 Å². The maximum atomic E-state index is 10.6. The van der Waals surface area contributed by atoms with E-state index >= 15 is 0 Å². The van der Waals surface area contributed by atoms with Crippen LogP contribution in [-0.2, 0) is 4.74 Å². The first-order valence-electron chi connectivity index (χ1n) is 6.17. The molecule has 3 N–H and O–H groups in total. The Labute approximate surface area is 126 Å². The predicted octanol–water partition coefficient (Wildman–Crippen LogP) is 2.33. The molecule has 1 rings (SSSR count). The molecule has 0 fully saturated rings.